The second-order valence-corrected chi connectivity index (χ2v) is 12.3. The van der Waals surface area contributed by atoms with Crippen molar-refractivity contribution in [1.29, 1.82) is 0 Å². The van der Waals surface area contributed by atoms with Gasteiger partial charge in [-0.3, -0.25) is 13.9 Å². The van der Waals surface area contributed by atoms with Crippen LogP contribution in [0.4, 0.5) is 5.69 Å². The molecule has 0 saturated carbocycles. The Morgan fingerprint density at radius 1 is 0.833 bits per heavy atom. The van der Waals surface area contributed by atoms with Gasteiger partial charge in [0.25, 0.3) is 10.0 Å². The minimum Gasteiger partial charge on any atom is -0.357 e. The zero-order valence-electron chi connectivity index (χ0n) is 23.8. The van der Waals surface area contributed by atoms with Crippen LogP contribution in [0.5, 0.6) is 0 Å². The fourth-order valence-corrected chi connectivity index (χ4v) is 6.40. The van der Waals surface area contributed by atoms with Crippen molar-refractivity contribution < 1.29 is 18.0 Å². The molecule has 42 heavy (non-hydrogen) atoms. The molecule has 0 aliphatic heterocycles. The van der Waals surface area contributed by atoms with E-state index in [-0.39, 0.29) is 23.8 Å². The van der Waals surface area contributed by atoms with Crippen LogP contribution < -0.4 is 9.62 Å². The molecule has 0 radical (unpaired) electrons. The van der Waals surface area contributed by atoms with Crippen LogP contribution in [0.1, 0.15) is 22.3 Å². The van der Waals surface area contributed by atoms with E-state index in [2.05, 4.69) is 5.32 Å². The summed E-state index contributed by atoms with van der Waals surface area (Å²) in [6, 6.07) is 29.0. The molecule has 0 bridgehead atoms. The van der Waals surface area contributed by atoms with Crippen LogP contribution in [0.3, 0.4) is 0 Å². The summed E-state index contributed by atoms with van der Waals surface area (Å²) in [4.78, 5) is 29.1. The molecule has 4 aromatic carbocycles. The maximum Gasteiger partial charge on any atom is 0.264 e. The van der Waals surface area contributed by atoms with Gasteiger partial charge in [0.05, 0.1) is 10.6 Å². The lowest BCUT2D eigenvalue weighted by atomic mass is 10.0. The first kappa shape index (κ1) is 30.8. The molecule has 1 atom stereocenters. The van der Waals surface area contributed by atoms with Crippen LogP contribution >= 0.6 is 11.6 Å². The van der Waals surface area contributed by atoms with Gasteiger partial charge in [-0.25, -0.2) is 8.42 Å². The molecule has 0 saturated heterocycles. The monoisotopic (exact) mass is 603 g/mol. The van der Waals surface area contributed by atoms with Crippen molar-refractivity contribution in [2.75, 3.05) is 17.9 Å². The number of halogens is 1. The van der Waals surface area contributed by atoms with Gasteiger partial charge >= 0.3 is 0 Å². The van der Waals surface area contributed by atoms with Gasteiger partial charge in [0, 0.05) is 25.0 Å². The minimum atomic E-state index is -4.15. The molecule has 0 heterocycles. The van der Waals surface area contributed by atoms with E-state index in [4.69, 9.17) is 11.6 Å². The molecule has 0 fully saturated rings. The third-order valence-electron chi connectivity index (χ3n) is 7.09. The highest BCUT2D eigenvalue weighted by molar-refractivity contribution is 7.92. The number of amides is 2. The summed E-state index contributed by atoms with van der Waals surface area (Å²) in [6.07, 6.45) is 0.228. The number of hydrogen-bond donors (Lipinski definition) is 1. The second kappa shape index (κ2) is 13.7. The number of nitrogens with one attached hydrogen (secondary N) is 1. The average Bonchev–Trinajstić information content (AvgIpc) is 2.99. The number of carbonyl (C=O) groups excluding carboxylic acids is 2. The lowest BCUT2D eigenvalue weighted by molar-refractivity contribution is -0.139. The number of hydrogen-bond acceptors (Lipinski definition) is 4. The summed E-state index contributed by atoms with van der Waals surface area (Å²) in [5, 5.41) is 3.12. The molecule has 2 amide bonds. The Balaban J connectivity index is 1.80. The van der Waals surface area contributed by atoms with Gasteiger partial charge in [-0.1, -0.05) is 96.0 Å². The van der Waals surface area contributed by atoms with Crippen molar-refractivity contribution in [3.63, 3.8) is 0 Å². The van der Waals surface area contributed by atoms with E-state index < -0.39 is 28.5 Å². The highest BCUT2D eigenvalue weighted by Crippen LogP contribution is 2.28. The van der Waals surface area contributed by atoms with Gasteiger partial charge in [-0.15, -0.1) is 0 Å². The molecule has 0 spiro atoms. The SMILES string of the molecule is CNC(=O)[C@@H](Cc1ccccc1)N(Cc1ccccc1Cl)C(=O)CN(c1ccccc1C)S(=O)(=O)c1ccc(C)cc1. The fraction of sp³-hybridized carbons (Fsp3) is 0.212. The Bertz CT molecular complexity index is 1640. The molecule has 7 nitrogen and oxygen atoms in total. The van der Waals surface area contributed by atoms with Crippen molar-refractivity contribution in [2.45, 2.75) is 37.8 Å². The van der Waals surface area contributed by atoms with Crippen LogP contribution in [0.15, 0.2) is 108 Å². The van der Waals surface area contributed by atoms with Crippen molar-refractivity contribution in [1.82, 2.24) is 10.2 Å². The Hall–Kier alpha value is -4.14. The lowest BCUT2D eigenvalue weighted by Gasteiger charge is -2.34. The van der Waals surface area contributed by atoms with Gasteiger partial charge in [0.15, 0.2) is 0 Å². The molecule has 218 valence electrons. The largest absolute Gasteiger partial charge is 0.357 e. The van der Waals surface area contributed by atoms with Crippen LogP contribution in [0.2, 0.25) is 5.02 Å². The van der Waals surface area contributed by atoms with Crippen molar-refractivity contribution >= 4 is 39.1 Å². The Morgan fingerprint density at radius 2 is 1.45 bits per heavy atom. The molecule has 9 heteroatoms. The van der Waals surface area contributed by atoms with E-state index in [1.807, 2.05) is 43.3 Å². The number of likely N-dealkylation sites (N-methyl/N-ethyl adjacent to an activating group) is 1. The molecule has 0 unspecified atom stereocenters. The zero-order chi connectivity index (χ0) is 30.3. The highest BCUT2D eigenvalue weighted by atomic mass is 35.5. The summed E-state index contributed by atoms with van der Waals surface area (Å²) >= 11 is 6.49. The molecular formula is C33H34ClN3O4S. The molecule has 0 aromatic heterocycles. The Morgan fingerprint density at radius 3 is 2.10 bits per heavy atom. The molecular weight excluding hydrogens is 570 g/mol. The minimum absolute atomic E-state index is 0.00954. The van der Waals surface area contributed by atoms with E-state index in [1.54, 1.807) is 61.5 Å². The topological polar surface area (TPSA) is 86.8 Å². The number of anilines is 1. The first-order chi connectivity index (χ1) is 20.1. The summed E-state index contributed by atoms with van der Waals surface area (Å²) < 4.78 is 29.3. The fourth-order valence-electron chi connectivity index (χ4n) is 4.72. The van der Waals surface area contributed by atoms with Crippen molar-refractivity contribution in [3.8, 4) is 0 Å². The summed E-state index contributed by atoms with van der Waals surface area (Å²) in [5.74, 6) is -0.915. The number of nitrogens with zero attached hydrogens (tertiary/aromatic N) is 2. The normalized spacial score (nSPS) is 11.9. The molecule has 1 N–H and O–H groups in total. The van der Waals surface area contributed by atoms with Gasteiger partial charge < -0.3 is 10.2 Å². The van der Waals surface area contributed by atoms with E-state index >= 15 is 0 Å². The maximum atomic E-state index is 14.3. The summed E-state index contributed by atoms with van der Waals surface area (Å²) in [5.41, 5.74) is 3.46. The quantitative estimate of drug-likeness (QED) is 0.244. The van der Waals surface area contributed by atoms with E-state index in [1.165, 1.54) is 24.1 Å². The molecule has 4 aromatic rings. The zero-order valence-corrected chi connectivity index (χ0v) is 25.4. The van der Waals surface area contributed by atoms with Crippen LogP contribution in [-0.2, 0) is 32.6 Å². The number of carbonyl (C=O) groups is 2. The maximum absolute atomic E-state index is 14.3. The third kappa shape index (κ3) is 7.19. The Kier molecular flexibility index (Phi) is 10.0. The number of rotatable bonds is 11. The molecule has 0 aliphatic rings. The summed E-state index contributed by atoms with van der Waals surface area (Å²) in [7, 11) is -2.64. The Labute approximate surface area is 252 Å². The van der Waals surface area contributed by atoms with Crippen LogP contribution in [-0.4, -0.2) is 44.8 Å². The summed E-state index contributed by atoms with van der Waals surface area (Å²) in [6.45, 7) is 3.16. The van der Waals surface area contributed by atoms with Crippen molar-refractivity contribution in [2.24, 2.45) is 0 Å². The number of aryl methyl sites for hydroxylation is 2. The highest BCUT2D eigenvalue weighted by Gasteiger charge is 2.35. The second-order valence-electron chi connectivity index (χ2n) is 10.0. The van der Waals surface area contributed by atoms with E-state index in [0.29, 0.717) is 21.8 Å². The molecule has 4 rings (SSSR count). The first-order valence-electron chi connectivity index (χ1n) is 13.5. The number of sulfonamides is 1. The molecule has 0 aliphatic carbocycles. The third-order valence-corrected chi connectivity index (χ3v) is 9.23. The average molecular weight is 604 g/mol. The lowest BCUT2D eigenvalue weighted by Crippen LogP contribution is -2.53. The van der Waals surface area contributed by atoms with E-state index in [0.717, 1.165) is 15.4 Å². The van der Waals surface area contributed by atoms with Crippen molar-refractivity contribution in [3.05, 3.63) is 130 Å². The smallest absolute Gasteiger partial charge is 0.264 e. The predicted molar refractivity (Wildman–Crippen MR) is 167 cm³/mol. The van der Waals surface area contributed by atoms with Crippen LogP contribution in [0.25, 0.3) is 0 Å². The van der Waals surface area contributed by atoms with Gasteiger partial charge in [-0.05, 0) is 54.8 Å². The standard InChI is InChI=1S/C33H34ClN3O4S/c1-24-17-19-28(20-18-24)42(40,41)37(30-16-10-7-11-25(30)2)23-32(38)36(22-27-14-8-9-15-29(27)34)31(33(39)35-3)21-26-12-5-4-6-13-26/h4-20,31H,21-23H2,1-3H3,(H,35,39)/t31-/m1/s1. The first-order valence-corrected chi connectivity index (χ1v) is 15.4. The number of para-hydroxylation sites is 1. The number of benzene rings is 4. The van der Waals surface area contributed by atoms with Gasteiger partial charge in [0.2, 0.25) is 11.8 Å². The van der Waals surface area contributed by atoms with E-state index in [9.17, 15) is 18.0 Å². The van der Waals surface area contributed by atoms with Gasteiger partial charge in [0.1, 0.15) is 12.6 Å². The van der Waals surface area contributed by atoms with Gasteiger partial charge in [-0.2, -0.15) is 0 Å². The van der Waals surface area contributed by atoms with Crippen LogP contribution in [0, 0.1) is 13.8 Å². The predicted octanol–water partition coefficient (Wildman–Crippen LogP) is 5.54.